The van der Waals surface area contributed by atoms with Gasteiger partial charge in [-0.1, -0.05) is 17.7 Å². The molecule has 136 valence electrons. The summed E-state index contributed by atoms with van der Waals surface area (Å²) in [6.45, 7) is 3.88. The van der Waals surface area contributed by atoms with Crippen molar-refractivity contribution in [3.63, 3.8) is 0 Å². The largest absolute Gasteiger partial charge is 0.495 e. The van der Waals surface area contributed by atoms with Crippen LogP contribution in [0, 0.1) is 13.8 Å². The summed E-state index contributed by atoms with van der Waals surface area (Å²) in [7, 11) is 1.58. The quantitative estimate of drug-likeness (QED) is 0.541. The summed E-state index contributed by atoms with van der Waals surface area (Å²) in [6.07, 6.45) is 3.34. The number of nitrogens with zero attached hydrogens (tertiary/aromatic N) is 4. The Kier molecular flexibility index (Phi) is 4.20. The molecule has 0 saturated carbocycles. The van der Waals surface area contributed by atoms with Crippen molar-refractivity contribution in [1.82, 2.24) is 19.3 Å². The summed E-state index contributed by atoms with van der Waals surface area (Å²) in [4.78, 5) is 17.4. The van der Waals surface area contributed by atoms with Gasteiger partial charge in [0.25, 0.3) is 5.56 Å². The first kappa shape index (κ1) is 17.3. The zero-order chi connectivity index (χ0) is 19.1. The van der Waals surface area contributed by atoms with Crippen molar-refractivity contribution >= 4 is 22.4 Å². The molecular formula is C20H17ClN4O2. The van der Waals surface area contributed by atoms with E-state index in [-0.39, 0.29) is 5.56 Å². The minimum Gasteiger partial charge on any atom is -0.495 e. The molecule has 0 fully saturated rings. The number of aryl methyl sites for hydroxylation is 2. The van der Waals surface area contributed by atoms with Gasteiger partial charge in [0.2, 0.25) is 0 Å². The summed E-state index contributed by atoms with van der Waals surface area (Å²) >= 11 is 6.15. The van der Waals surface area contributed by atoms with Crippen LogP contribution in [-0.4, -0.2) is 26.4 Å². The van der Waals surface area contributed by atoms with Crippen molar-refractivity contribution < 1.29 is 4.74 Å². The summed E-state index contributed by atoms with van der Waals surface area (Å²) < 4.78 is 8.66. The molecule has 0 saturated heterocycles. The number of halogens is 1. The van der Waals surface area contributed by atoms with Crippen molar-refractivity contribution in [2.24, 2.45) is 0 Å². The lowest BCUT2D eigenvalue weighted by Crippen LogP contribution is -2.21. The fourth-order valence-electron chi connectivity index (χ4n) is 3.38. The van der Waals surface area contributed by atoms with Gasteiger partial charge in [0.15, 0.2) is 5.82 Å². The van der Waals surface area contributed by atoms with Gasteiger partial charge in [0, 0.05) is 34.7 Å². The van der Waals surface area contributed by atoms with Crippen molar-refractivity contribution in [3.8, 4) is 17.3 Å². The summed E-state index contributed by atoms with van der Waals surface area (Å²) in [5.74, 6) is 1.07. The molecule has 6 nitrogen and oxygen atoms in total. The van der Waals surface area contributed by atoms with E-state index in [0.29, 0.717) is 22.0 Å². The molecule has 0 bridgehead atoms. The minimum atomic E-state index is -0.202. The Morgan fingerprint density at radius 1 is 1.11 bits per heavy atom. The van der Waals surface area contributed by atoms with Gasteiger partial charge in [-0.3, -0.25) is 4.79 Å². The van der Waals surface area contributed by atoms with Crippen LogP contribution in [0.2, 0.25) is 5.02 Å². The van der Waals surface area contributed by atoms with Crippen molar-refractivity contribution in [3.05, 3.63) is 75.6 Å². The van der Waals surface area contributed by atoms with Gasteiger partial charge in [-0.2, -0.15) is 9.78 Å². The molecule has 0 atom stereocenters. The highest BCUT2D eigenvalue weighted by atomic mass is 35.5. The molecular weight excluding hydrogens is 364 g/mol. The van der Waals surface area contributed by atoms with E-state index in [1.807, 2.05) is 36.6 Å². The molecule has 0 radical (unpaired) electrons. The number of hydrogen-bond acceptors (Lipinski definition) is 4. The highest BCUT2D eigenvalue weighted by Crippen LogP contribution is 2.31. The maximum atomic E-state index is 13.1. The van der Waals surface area contributed by atoms with E-state index in [1.54, 1.807) is 37.7 Å². The Morgan fingerprint density at radius 2 is 1.93 bits per heavy atom. The van der Waals surface area contributed by atoms with Crippen LogP contribution in [0.3, 0.4) is 0 Å². The molecule has 1 aromatic carbocycles. The number of hydrogen-bond donors (Lipinski definition) is 0. The number of rotatable bonds is 3. The first-order valence-electron chi connectivity index (χ1n) is 8.38. The van der Waals surface area contributed by atoms with E-state index in [4.69, 9.17) is 16.3 Å². The van der Waals surface area contributed by atoms with Crippen molar-refractivity contribution in [1.29, 1.82) is 0 Å². The highest BCUT2D eigenvalue weighted by molar-refractivity contribution is 6.32. The van der Waals surface area contributed by atoms with E-state index in [9.17, 15) is 4.79 Å². The zero-order valence-electron chi connectivity index (χ0n) is 15.1. The van der Waals surface area contributed by atoms with E-state index in [0.717, 1.165) is 22.5 Å². The van der Waals surface area contributed by atoms with Crippen LogP contribution in [-0.2, 0) is 0 Å². The van der Waals surface area contributed by atoms with Crippen LogP contribution in [0.5, 0.6) is 5.75 Å². The lowest BCUT2D eigenvalue weighted by atomic mass is 10.2. The monoisotopic (exact) mass is 380 g/mol. The van der Waals surface area contributed by atoms with Crippen LogP contribution in [0.1, 0.15) is 11.4 Å². The van der Waals surface area contributed by atoms with Gasteiger partial charge in [0.05, 0.1) is 23.7 Å². The molecule has 0 amide bonds. The molecule has 27 heavy (non-hydrogen) atoms. The Morgan fingerprint density at radius 3 is 2.63 bits per heavy atom. The third-order valence-electron chi connectivity index (χ3n) is 4.66. The smallest absolute Gasteiger partial charge is 0.282 e. The van der Waals surface area contributed by atoms with Crippen LogP contribution < -0.4 is 10.3 Å². The van der Waals surface area contributed by atoms with Crippen LogP contribution in [0.4, 0.5) is 0 Å². The number of fused-ring (bicyclic) bond motifs is 1. The van der Waals surface area contributed by atoms with E-state index in [1.165, 1.54) is 4.68 Å². The first-order chi connectivity index (χ1) is 13.0. The van der Waals surface area contributed by atoms with Crippen LogP contribution >= 0.6 is 11.6 Å². The van der Waals surface area contributed by atoms with Gasteiger partial charge in [0.1, 0.15) is 5.75 Å². The number of pyridine rings is 1. The lowest BCUT2D eigenvalue weighted by Gasteiger charge is -2.11. The predicted octanol–water partition coefficient (Wildman–Crippen LogP) is 3.85. The maximum absolute atomic E-state index is 13.1. The second kappa shape index (κ2) is 6.55. The zero-order valence-corrected chi connectivity index (χ0v) is 15.9. The highest BCUT2D eigenvalue weighted by Gasteiger charge is 2.18. The predicted molar refractivity (Wildman–Crippen MR) is 105 cm³/mol. The van der Waals surface area contributed by atoms with Crippen LogP contribution in [0.15, 0.2) is 53.6 Å². The van der Waals surface area contributed by atoms with Gasteiger partial charge >= 0.3 is 0 Å². The molecule has 0 aliphatic heterocycles. The molecule has 0 aliphatic carbocycles. The number of ether oxygens (including phenoxy) is 1. The normalized spacial score (nSPS) is 11.1. The molecule has 0 spiro atoms. The topological polar surface area (TPSA) is 61.9 Å². The molecule has 3 heterocycles. The van der Waals surface area contributed by atoms with E-state index >= 15 is 0 Å². The number of benzene rings is 1. The molecule has 7 heteroatoms. The minimum absolute atomic E-state index is 0.202. The number of methoxy groups -OCH3 is 1. The fraction of sp³-hybridized carbons (Fsp3) is 0.150. The number of aromatic nitrogens is 4. The van der Waals surface area contributed by atoms with E-state index in [2.05, 4.69) is 10.1 Å². The van der Waals surface area contributed by atoms with Gasteiger partial charge in [-0.05, 0) is 38.1 Å². The third kappa shape index (κ3) is 2.69. The standard InChI is InChI=1S/C20H17ClN4O2/c1-12-15-11-23-25(18-6-4-5-9-22-18)20(26)19(15)13(2)24(12)14-7-8-16(21)17(10-14)27-3/h4-11H,1-3H3. The van der Waals surface area contributed by atoms with Gasteiger partial charge < -0.3 is 9.30 Å². The Labute approximate surface area is 160 Å². The molecule has 0 unspecified atom stereocenters. The summed E-state index contributed by atoms with van der Waals surface area (Å²) in [5, 5.41) is 6.27. The summed E-state index contributed by atoms with van der Waals surface area (Å²) in [5.41, 5.74) is 2.41. The van der Waals surface area contributed by atoms with Crippen molar-refractivity contribution in [2.75, 3.05) is 7.11 Å². The SMILES string of the molecule is COc1cc(-n2c(C)c3cnn(-c4ccccn4)c(=O)c3c2C)ccc1Cl. The van der Waals surface area contributed by atoms with E-state index < -0.39 is 0 Å². The molecule has 4 aromatic rings. The van der Waals surface area contributed by atoms with Gasteiger partial charge in [-0.15, -0.1) is 0 Å². The molecule has 4 rings (SSSR count). The van der Waals surface area contributed by atoms with Gasteiger partial charge in [-0.25, -0.2) is 4.98 Å². The van der Waals surface area contributed by atoms with Crippen molar-refractivity contribution in [2.45, 2.75) is 13.8 Å². The molecule has 0 N–H and O–H groups in total. The first-order valence-corrected chi connectivity index (χ1v) is 8.76. The average molecular weight is 381 g/mol. The Hall–Kier alpha value is -3.12. The Bertz CT molecular complexity index is 1210. The lowest BCUT2D eigenvalue weighted by molar-refractivity contribution is 0.415. The second-order valence-corrected chi connectivity index (χ2v) is 6.57. The molecule has 3 aromatic heterocycles. The van der Waals surface area contributed by atoms with Crippen LogP contribution in [0.25, 0.3) is 22.3 Å². The maximum Gasteiger partial charge on any atom is 0.282 e. The molecule has 0 aliphatic rings. The summed E-state index contributed by atoms with van der Waals surface area (Å²) in [6, 6.07) is 10.9. The Balaban J connectivity index is 2.00. The third-order valence-corrected chi connectivity index (χ3v) is 4.97. The fourth-order valence-corrected chi connectivity index (χ4v) is 3.57. The second-order valence-electron chi connectivity index (χ2n) is 6.16. The average Bonchev–Trinajstić information content (AvgIpc) is 2.94.